The summed E-state index contributed by atoms with van der Waals surface area (Å²) in [5, 5.41) is 0.231. The fraction of sp³-hybridized carbons (Fsp3) is 0.214. The summed E-state index contributed by atoms with van der Waals surface area (Å²) in [6, 6.07) is 5.00. The maximum atomic E-state index is 13.4. The zero-order chi connectivity index (χ0) is 17.0. The van der Waals surface area contributed by atoms with E-state index in [4.69, 9.17) is 24.2 Å². The van der Waals surface area contributed by atoms with Gasteiger partial charge in [-0.05, 0) is 18.2 Å². The first kappa shape index (κ1) is 17.4. The van der Waals surface area contributed by atoms with Crippen LogP contribution in [-0.2, 0) is 6.61 Å². The molecule has 0 aliphatic rings. The van der Waals surface area contributed by atoms with Crippen LogP contribution in [0, 0.1) is 5.82 Å². The zero-order valence-corrected chi connectivity index (χ0v) is 12.3. The summed E-state index contributed by atoms with van der Waals surface area (Å²) in [5.41, 5.74) is 0.278. The van der Waals surface area contributed by atoms with Crippen LogP contribution in [0.15, 0.2) is 30.5 Å². The molecule has 0 saturated heterocycles. The lowest BCUT2D eigenvalue weighted by Gasteiger charge is -2.10. The van der Waals surface area contributed by atoms with E-state index in [-0.39, 0.29) is 28.7 Å². The van der Waals surface area contributed by atoms with Crippen LogP contribution in [0.2, 0.25) is 5.02 Å². The average molecular weight is 345 g/mol. The first-order chi connectivity index (χ1) is 10.7. The smallest absolute Gasteiger partial charge is 0.422 e. The maximum Gasteiger partial charge on any atom is 0.422 e. The Morgan fingerprint density at radius 2 is 1.91 bits per heavy atom. The van der Waals surface area contributed by atoms with Gasteiger partial charge in [0.15, 0.2) is 6.61 Å². The third-order valence-corrected chi connectivity index (χ3v) is 3.00. The predicted molar refractivity (Wildman–Crippen MR) is 76.9 cm³/mol. The van der Waals surface area contributed by atoms with E-state index >= 15 is 0 Å². The van der Waals surface area contributed by atoms with E-state index in [9.17, 15) is 17.6 Å². The van der Waals surface area contributed by atoms with E-state index in [1.165, 1.54) is 18.2 Å². The molecule has 0 saturated carbocycles. The summed E-state index contributed by atoms with van der Waals surface area (Å²) in [4.78, 5) is 3.79. The van der Waals surface area contributed by atoms with Gasteiger partial charge in [0.05, 0.1) is 6.20 Å². The van der Waals surface area contributed by atoms with Gasteiger partial charge in [0.1, 0.15) is 26.0 Å². The summed E-state index contributed by atoms with van der Waals surface area (Å²) in [5.74, 6) is -0.555. The largest absolute Gasteiger partial charge is 0.483 e. The van der Waals surface area contributed by atoms with Crippen LogP contribution < -0.4 is 14.9 Å². The lowest BCUT2D eigenvalue weighted by molar-refractivity contribution is -0.153. The molecule has 0 aliphatic carbocycles. The Hall–Kier alpha value is -1.96. The molecule has 0 aliphatic heterocycles. The van der Waals surface area contributed by atoms with Crippen molar-refractivity contribution in [1.29, 1.82) is 0 Å². The molecule has 0 spiro atoms. The molecule has 2 rings (SSSR count). The van der Waals surface area contributed by atoms with Crippen molar-refractivity contribution in [2.24, 2.45) is 0 Å². The number of rotatable bonds is 5. The highest BCUT2D eigenvalue weighted by atomic mass is 35.5. The van der Waals surface area contributed by atoms with Crippen LogP contribution in [0.1, 0.15) is 5.56 Å². The van der Waals surface area contributed by atoms with E-state index in [1.54, 1.807) is 0 Å². The average Bonchev–Trinajstić information content (AvgIpc) is 2.48. The van der Waals surface area contributed by atoms with Crippen LogP contribution in [0.25, 0.3) is 0 Å². The van der Waals surface area contributed by atoms with Crippen LogP contribution in [0.4, 0.5) is 17.6 Å². The number of alkyl halides is 3. The normalized spacial score (nSPS) is 11.3. The lowest BCUT2D eigenvalue weighted by Crippen LogP contribution is -2.19. The van der Waals surface area contributed by atoms with Crippen LogP contribution in [0.3, 0.4) is 0 Å². The van der Waals surface area contributed by atoms with Gasteiger partial charge in [-0.3, -0.25) is 0 Å². The van der Waals surface area contributed by atoms with Crippen molar-refractivity contribution in [2.75, 3.05) is 6.61 Å². The summed E-state index contributed by atoms with van der Waals surface area (Å²) in [6.45, 7) is -1.49. The van der Waals surface area contributed by atoms with Crippen molar-refractivity contribution in [2.45, 2.75) is 12.8 Å². The number of hydrogen-bond donors (Lipinski definition) is 0. The van der Waals surface area contributed by atoms with Crippen molar-refractivity contribution in [3.63, 3.8) is 0 Å². The van der Waals surface area contributed by atoms with E-state index in [0.29, 0.717) is 5.56 Å². The van der Waals surface area contributed by atoms with Crippen molar-refractivity contribution in [3.8, 4) is 11.6 Å². The summed E-state index contributed by atoms with van der Waals surface area (Å²) < 4.78 is 59.2. The Labute approximate surface area is 135 Å². The van der Waals surface area contributed by atoms with E-state index in [0.717, 1.165) is 12.3 Å². The number of halogens is 5. The minimum Gasteiger partial charge on any atom is -0.483 e. The fourth-order valence-corrected chi connectivity index (χ4v) is 1.80. The minimum atomic E-state index is -4.43. The Morgan fingerprint density at radius 3 is 2.52 bits per heavy atom. The molecule has 1 aromatic carbocycles. The van der Waals surface area contributed by atoms with E-state index in [1.807, 2.05) is 0 Å². The molecule has 0 fully saturated rings. The molecule has 1 aromatic heterocycles. The van der Waals surface area contributed by atoms with Crippen molar-refractivity contribution in [1.82, 2.24) is 4.98 Å². The number of ether oxygens (including phenoxy) is 2. The third-order valence-electron chi connectivity index (χ3n) is 2.65. The molecule has 120 valence electrons. The molecule has 0 atom stereocenters. The first-order valence-electron chi connectivity index (χ1n) is 6.26. The van der Waals surface area contributed by atoms with Crippen LogP contribution >= 0.6 is 11.6 Å². The molecule has 3 nitrogen and oxygen atoms in total. The molecule has 0 amide bonds. The number of hydrogen-bond acceptors (Lipinski definition) is 3. The Kier molecular flexibility index (Phi) is 5.36. The zero-order valence-electron chi connectivity index (χ0n) is 11.5. The van der Waals surface area contributed by atoms with Gasteiger partial charge in [-0.25, -0.2) is 9.37 Å². The van der Waals surface area contributed by atoms with Gasteiger partial charge in [0.2, 0.25) is 5.88 Å². The van der Waals surface area contributed by atoms with Crippen LogP contribution in [0.5, 0.6) is 11.6 Å². The maximum absolute atomic E-state index is 13.4. The second kappa shape index (κ2) is 7.08. The van der Waals surface area contributed by atoms with Gasteiger partial charge in [0.25, 0.3) is 0 Å². The highest BCUT2D eigenvalue weighted by Crippen LogP contribution is 2.21. The van der Waals surface area contributed by atoms with E-state index < -0.39 is 18.6 Å². The molecule has 2 radical (unpaired) electrons. The monoisotopic (exact) mass is 345 g/mol. The number of aromatic nitrogens is 1. The lowest BCUT2D eigenvalue weighted by atomic mass is 9.94. The summed E-state index contributed by atoms with van der Waals surface area (Å²) in [6.07, 6.45) is -3.34. The first-order valence-corrected chi connectivity index (χ1v) is 6.64. The molecule has 23 heavy (non-hydrogen) atoms. The summed E-state index contributed by atoms with van der Waals surface area (Å²) in [7, 11) is 5.37. The molecule has 2 aromatic rings. The Bertz CT molecular complexity index is 680. The van der Waals surface area contributed by atoms with Crippen molar-refractivity contribution < 1.29 is 27.0 Å². The van der Waals surface area contributed by atoms with Gasteiger partial charge >= 0.3 is 6.18 Å². The van der Waals surface area contributed by atoms with Gasteiger partial charge in [-0.15, -0.1) is 0 Å². The highest BCUT2D eigenvalue weighted by Gasteiger charge is 2.28. The number of benzene rings is 1. The summed E-state index contributed by atoms with van der Waals surface area (Å²) >= 11 is 5.90. The third kappa shape index (κ3) is 5.31. The van der Waals surface area contributed by atoms with Gasteiger partial charge in [-0.1, -0.05) is 17.1 Å². The van der Waals surface area contributed by atoms with Crippen molar-refractivity contribution in [3.05, 3.63) is 46.9 Å². The second-order valence-corrected chi connectivity index (χ2v) is 4.90. The SMILES string of the molecule is [B]c1cc(Cl)c(COc2ccc(OCC(F)(F)F)cn2)cc1F. The van der Waals surface area contributed by atoms with Gasteiger partial charge in [-0.2, -0.15) is 13.2 Å². The van der Waals surface area contributed by atoms with E-state index in [2.05, 4.69) is 9.72 Å². The predicted octanol–water partition coefficient (Wildman–Crippen LogP) is 3.19. The minimum absolute atomic E-state index is 0.0498. The van der Waals surface area contributed by atoms with Gasteiger partial charge in [0, 0.05) is 16.7 Å². The topological polar surface area (TPSA) is 31.4 Å². The molecule has 0 unspecified atom stereocenters. The number of pyridine rings is 1. The molecule has 1 heterocycles. The molecular formula is C14H9BClF4NO2. The molecule has 0 N–H and O–H groups in total. The van der Waals surface area contributed by atoms with Crippen molar-refractivity contribution >= 4 is 24.9 Å². The van der Waals surface area contributed by atoms with Gasteiger partial charge < -0.3 is 9.47 Å². The quantitative estimate of drug-likeness (QED) is 0.616. The molecule has 9 heteroatoms. The van der Waals surface area contributed by atoms with Crippen LogP contribution in [-0.4, -0.2) is 25.6 Å². The second-order valence-electron chi connectivity index (χ2n) is 4.49. The highest BCUT2D eigenvalue weighted by molar-refractivity contribution is 6.36. The Balaban J connectivity index is 1.95. The number of nitrogens with zero attached hydrogens (tertiary/aromatic N) is 1. The molecular weight excluding hydrogens is 336 g/mol. The fourth-order valence-electron chi connectivity index (χ4n) is 1.57. The Morgan fingerprint density at radius 1 is 1.17 bits per heavy atom. The molecule has 0 bridgehead atoms. The standard InChI is InChI=1S/C14H9BClF4NO2/c15-10-4-11(16)8(3-12(10)17)6-22-13-2-1-9(5-21-13)23-7-14(18,19)20/h1-5H,6-7H2.